The summed E-state index contributed by atoms with van der Waals surface area (Å²) in [6, 6.07) is 13.4. The molecule has 0 amide bonds. The summed E-state index contributed by atoms with van der Waals surface area (Å²) >= 11 is 10.9. The van der Waals surface area contributed by atoms with Gasteiger partial charge in [-0.3, -0.25) is 4.79 Å². The zero-order valence-electron chi connectivity index (χ0n) is 9.40. The summed E-state index contributed by atoms with van der Waals surface area (Å²) in [4.78, 5) is 11.9. The normalized spacial score (nSPS) is 10.3. The molecule has 2 rings (SSSR count). The number of aldehydes is 1. The molecule has 4 heteroatoms. The zero-order valence-corrected chi connectivity index (χ0v) is 12.6. The Hall–Kier alpha value is -0.770. The zero-order chi connectivity index (χ0) is 13.0. The molecular weight excluding hydrogens is 332 g/mol. The molecule has 0 saturated heterocycles. The number of hydrogen-bond donors (Lipinski definition) is 0. The molecule has 0 aromatic heterocycles. The average Bonchev–Trinajstić information content (AvgIpc) is 2.38. The first-order valence-corrected chi connectivity index (χ1v) is 7.46. The summed E-state index contributed by atoms with van der Waals surface area (Å²) in [7, 11) is 0. The van der Waals surface area contributed by atoms with Crippen molar-refractivity contribution in [2.75, 3.05) is 0 Å². The van der Waals surface area contributed by atoms with Gasteiger partial charge in [0.2, 0.25) is 0 Å². The van der Waals surface area contributed by atoms with E-state index in [1.807, 2.05) is 42.5 Å². The maximum Gasteiger partial charge on any atom is 0.151 e. The van der Waals surface area contributed by atoms with Crippen LogP contribution in [0.25, 0.3) is 0 Å². The molecule has 0 atom stereocenters. The third-order valence-electron chi connectivity index (χ3n) is 2.41. The highest BCUT2D eigenvalue weighted by atomic mass is 79.9. The van der Waals surface area contributed by atoms with Gasteiger partial charge in [-0.2, -0.15) is 0 Å². The SMILES string of the molecule is O=Cc1ccc(Br)cc1SCc1ccc(Cl)cc1. The minimum atomic E-state index is 0.720. The summed E-state index contributed by atoms with van der Waals surface area (Å²) in [6.07, 6.45) is 0.886. The van der Waals surface area contributed by atoms with Crippen LogP contribution < -0.4 is 0 Å². The van der Waals surface area contributed by atoms with Crippen molar-refractivity contribution in [1.29, 1.82) is 0 Å². The second kappa shape index (κ2) is 6.41. The quantitative estimate of drug-likeness (QED) is 0.561. The second-order valence-electron chi connectivity index (χ2n) is 3.72. The lowest BCUT2D eigenvalue weighted by Gasteiger charge is -2.05. The summed E-state index contributed by atoms with van der Waals surface area (Å²) in [5.41, 5.74) is 1.90. The van der Waals surface area contributed by atoms with Crippen molar-refractivity contribution in [1.82, 2.24) is 0 Å². The van der Waals surface area contributed by atoms with Gasteiger partial charge in [-0.25, -0.2) is 0 Å². The van der Waals surface area contributed by atoms with Crippen molar-refractivity contribution in [2.24, 2.45) is 0 Å². The average molecular weight is 342 g/mol. The van der Waals surface area contributed by atoms with Crippen molar-refractivity contribution >= 4 is 45.6 Å². The number of rotatable bonds is 4. The minimum absolute atomic E-state index is 0.720. The van der Waals surface area contributed by atoms with E-state index in [4.69, 9.17) is 11.6 Å². The maximum atomic E-state index is 10.9. The topological polar surface area (TPSA) is 17.1 Å². The molecule has 0 aliphatic rings. The Morgan fingerprint density at radius 1 is 1.17 bits per heavy atom. The highest BCUT2D eigenvalue weighted by molar-refractivity contribution is 9.10. The van der Waals surface area contributed by atoms with Gasteiger partial charge < -0.3 is 0 Å². The fourth-order valence-corrected chi connectivity index (χ4v) is 3.12. The van der Waals surface area contributed by atoms with Crippen LogP contribution in [0.3, 0.4) is 0 Å². The lowest BCUT2D eigenvalue weighted by Crippen LogP contribution is -1.86. The van der Waals surface area contributed by atoms with Crippen LogP contribution in [0.2, 0.25) is 5.02 Å². The van der Waals surface area contributed by atoms with Gasteiger partial charge in [0.25, 0.3) is 0 Å². The van der Waals surface area contributed by atoms with Gasteiger partial charge in [-0.15, -0.1) is 11.8 Å². The number of benzene rings is 2. The lowest BCUT2D eigenvalue weighted by atomic mass is 10.2. The molecule has 0 saturated carbocycles. The van der Waals surface area contributed by atoms with Gasteiger partial charge in [0.05, 0.1) is 0 Å². The lowest BCUT2D eigenvalue weighted by molar-refractivity contribution is 0.112. The van der Waals surface area contributed by atoms with Crippen LogP contribution in [0, 0.1) is 0 Å². The van der Waals surface area contributed by atoms with Crippen molar-refractivity contribution in [3.8, 4) is 0 Å². The number of thioether (sulfide) groups is 1. The first kappa shape index (κ1) is 13.7. The fourth-order valence-electron chi connectivity index (χ4n) is 1.47. The Morgan fingerprint density at radius 3 is 2.56 bits per heavy atom. The van der Waals surface area contributed by atoms with E-state index in [9.17, 15) is 4.79 Å². The molecule has 0 N–H and O–H groups in total. The van der Waals surface area contributed by atoms with Crippen LogP contribution in [0.4, 0.5) is 0 Å². The molecular formula is C14H10BrClOS. The Balaban J connectivity index is 2.12. The molecule has 1 nitrogen and oxygen atoms in total. The van der Waals surface area contributed by atoms with Crippen LogP contribution in [-0.4, -0.2) is 6.29 Å². The van der Waals surface area contributed by atoms with Crippen molar-refractivity contribution < 1.29 is 4.79 Å². The highest BCUT2D eigenvalue weighted by Gasteiger charge is 2.04. The molecule has 0 fully saturated rings. The van der Waals surface area contributed by atoms with Gasteiger partial charge in [0.15, 0.2) is 6.29 Å². The van der Waals surface area contributed by atoms with Crippen molar-refractivity contribution in [2.45, 2.75) is 10.6 Å². The Morgan fingerprint density at radius 2 is 1.89 bits per heavy atom. The van der Waals surface area contributed by atoms with E-state index in [2.05, 4.69) is 15.9 Å². The van der Waals surface area contributed by atoms with Gasteiger partial charge >= 0.3 is 0 Å². The Bertz CT molecular complexity index is 554. The number of carbonyl (C=O) groups is 1. The van der Waals surface area contributed by atoms with Crippen LogP contribution in [0.15, 0.2) is 51.8 Å². The van der Waals surface area contributed by atoms with Gasteiger partial charge in [0.1, 0.15) is 0 Å². The van der Waals surface area contributed by atoms with Crippen LogP contribution in [0.1, 0.15) is 15.9 Å². The smallest absolute Gasteiger partial charge is 0.151 e. The largest absolute Gasteiger partial charge is 0.298 e. The monoisotopic (exact) mass is 340 g/mol. The van der Waals surface area contributed by atoms with E-state index in [0.717, 1.165) is 32.0 Å². The van der Waals surface area contributed by atoms with E-state index < -0.39 is 0 Å². The van der Waals surface area contributed by atoms with E-state index in [0.29, 0.717) is 0 Å². The fraction of sp³-hybridized carbons (Fsp3) is 0.0714. The van der Waals surface area contributed by atoms with E-state index in [1.54, 1.807) is 11.8 Å². The molecule has 0 heterocycles. The molecule has 0 unspecified atom stereocenters. The second-order valence-corrected chi connectivity index (χ2v) is 6.08. The molecule has 2 aromatic carbocycles. The molecule has 0 bridgehead atoms. The number of hydrogen-bond acceptors (Lipinski definition) is 2. The van der Waals surface area contributed by atoms with Crippen LogP contribution in [0.5, 0.6) is 0 Å². The van der Waals surface area contributed by atoms with Crippen molar-refractivity contribution in [3.63, 3.8) is 0 Å². The molecule has 0 aliphatic heterocycles. The standard InChI is InChI=1S/C14H10BrClOS/c15-12-4-3-11(8-17)14(7-12)18-9-10-1-5-13(16)6-2-10/h1-8H,9H2. The predicted octanol–water partition coefficient (Wildman–Crippen LogP) is 5.21. The molecule has 0 spiro atoms. The minimum Gasteiger partial charge on any atom is -0.298 e. The van der Waals surface area contributed by atoms with Crippen LogP contribution >= 0.6 is 39.3 Å². The Kier molecular flexibility index (Phi) is 4.87. The number of halogens is 2. The maximum absolute atomic E-state index is 10.9. The first-order valence-electron chi connectivity index (χ1n) is 5.31. The molecule has 0 radical (unpaired) electrons. The highest BCUT2D eigenvalue weighted by Crippen LogP contribution is 2.28. The van der Waals surface area contributed by atoms with Crippen LogP contribution in [-0.2, 0) is 5.75 Å². The molecule has 18 heavy (non-hydrogen) atoms. The molecule has 92 valence electrons. The summed E-state index contributed by atoms with van der Waals surface area (Å²) < 4.78 is 0.978. The summed E-state index contributed by atoms with van der Waals surface area (Å²) in [5, 5.41) is 0.736. The van der Waals surface area contributed by atoms with E-state index in [1.165, 1.54) is 5.56 Å². The Labute approximate surface area is 124 Å². The number of carbonyl (C=O) groups excluding carboxylic acids is 1. The van der Waals surface area contributed by atoms with Gasteiger partial charge in [-0.05, 0) is 35.9 Å². The van der Waals surface area contributed by atoms with Crippen molar-refractivity contribution in [3.05, 3.63) is 63.1 Å². The van der Waals surface area contributed by atoms with Gasteiger partial charge in [-0.1, -0.05) is 39.7 Å². The first-order chi connectivity index (χ1) is 8.69. The van der Waals surface area contributed by atoms with E-state index in [-0.39, 0.29) is 0 Å². The molecule has 2 aromatic rings. The van der Waals surface area contributed by atoms with E-state index >= 15 is 0 Å². The summed E-state index contributed by atoms with van der Waals surface area (Å²) in [5.74, 6) is 0.814. The summed E-state index contributed by atoms with van der Waals surface area (Å²) in [6.45, 7) is 0. The third-order valence-corrected chi connectivity index (χ3v) is 4.30. The third kappa shape index (κ3) is 3.61. The predicted molar refractivity (Wildman–Crippen MR) is 80.5 cm³/mol. The molecule has 0 aliphatic carbocycles. The van der Waals surface area contributed by atoms with Gasteiger partial charge in [0, 0.05) is 25.7 Å².